The Morgan fingerprint density at radius 1 is 0.277 bits per heavy atom. The molecule has 0 saturated heterocycles. The molecule has 0 nitrogen and oxygen atoms in total. The molecule has 0 fully saturated rings. The van der Waals surface area contributed by atoms with E-state index in [9.17, 15) is 0 Å². The molecule has 0 bridgehead atoms. The summed E-state index contributed by atoms with van der Waals surface area (Å²) in [5.41, 5.74) is 10.3. The molecule has 0 aromatic heterocycles. The van der Waals surface area contributed by atoms with Gasteiger partial charge in [0.15, 0.2) is 0 Å². The van der Waals surface area contributed by atoms with E-state index in [1.165, 1.54) is 97.4 Å². The maximum absolute atomic E-state index is 2.36. The molecule has 0 unspecified atom stereocenters. The quantitative estimate of drug-likeness (QED) is 0.179. The van der Waals surface area contributed by atoms with Gasteiger partial charge < -0.3 is 0 Å². The number of rotatable bonds is 3. The lowest BCUT2D eigenvalue weighted by atomic mass is 9.83. The van der Waals surface area contributed by atoms with Gasteiger partial charge in [0.25, 0.3) is 0 Å². The van der Waals surface area contributed by atoms with Gasteiger partial charge in [-0.2, -0.15) is 0 Å². The van der Waals surface area contributed by atoms with Crippen LogP contribution in [0.2, 0.25) is 0 Å². The van der Waals surface area contributed by atoms with Gasteiger partial charge in [0.2, 0.25) is 0 Å². The summed E-state index contributed by atoms with van der Waals surface area (Å²) in [6.45, 7) is 0. The smallest absolute Gasteiger partial charge is 0.0207 e. The van der Waals surface area contributed by atoms with Gasteiger partial charge in [-0.15, -0.1) is 0 Å². The molecule has 1 aliphatic heterocycles. The zero-order chi connectivity index (χ0) is 30.9. The monoisotopic (exact) mass is 612 g/mol. The summed E-state index contributed by atoms with van der Waals surface area (Å²) in [6.07, 6.45) is 0. The van der Waals surface area contributed by atoms with E-state index in [2.05, 4.69) is 170 Å². The number of fused-ring (bicyclic) bond motifs is 5. The van der Waals surface area contributed by atoms with Gasteiger partial charge in [0.05, 0.1) is 0 Å². The van der Waals surface area contributed by atoms with Crippen molar-refractivity contribution in [1.29, 1.82) is 0 Å². The Labute approximate surface area is 278 Å². The SMILES string of the molecule is c1ccc2c(c1)Sc1cccc3c(-c4c5ccccc5c(-c5ccc(-c6cccc7ccccc67)cc5)c5ccccc45)ccc-2c13. The highest BCUT2D eigenvalue weighted by atomic mass is 32.2. The third-order valence-electron chi connectivity index (χ3n) is 9.87. The lowest BCUT2D eigenvalue weighted by Gasteiger charge is -2.23. The van der Waals surface area contributed by atoms with Crippen molar-refractivity contribution in [3.8, 4) is 44.5 Å². The molecule has 1 heterocycles. The van der Waals surface area contributed by atoms with Crippen molar-refractivity contribution in [1.82, 2.24) is 0 Å². The van der Waals surface area contributed by atoms with Crippen LogP contribution in [-0.4, -0.2) is 0 Å². The second kappa shape index (κ2) is 10.5. The van der Waals surface area contributed by atoms with E-state index in [-0.39, 0.29) is 0 Å². The highest BCUT2D eigenvalue weighted by molar-refractivity contribution is 7.99. The Balaban J connectivity index is 1.21. The van der Waals surface area contributed by atoms with Crippen molar-refractivity contribution in [3.05, 3.63) is 170 Å². The predicted molar refractivity (Wildman–Crippen MR) is 202 cm³/mol. The first kappa shape index (κ1) is 26.6. The van der Waals surface area contributed by atoms with E-state index in [0.717, 1.165) is 0 Å². The summed E-state index contributed by atoms with van der Waals surface area (Å²) in [4.78, 5) is 2.65. The molecule has 0 N–H and O–H groups in total. The van der Waals surface area contributed by atoms with Crippen molar-refractivity contribution < 1.29 is 0 Å². The average molecular weight is 613 g/mol. The van der Waals surface area contributed by atoms with Crippen LogP contribution in [0.1, 0.15) is 0 Å². The minimum Gasteiger partial charge on any atom is -0.0888 e. The second-order valence-electron chi connectivity index (χ2n) is 12.4. The maximum atomic E-state index is 2.36. The molecule has 0 atom stereocenters. The van der Waals surface area contributed by atoms with Crippen LogP contribution in [0.4, 0.5) is 0 Å². The van der Waals surface area contributed by atoms with E-state index < -0.39 is 0 Å². The zero-order valence-electron chi connectivity index (χ0n) is 25.6. The predicted octanol–water partition coefficient (Wildman–Crippen LogP) is 13.4. The van der Waals surface area contributed by atoms with Crippen molar-refractivity contribution in [2.45, 2.75) is 9.79 Å². The molecule has 10 rings (SSSR count). The highest BCUT2D eigenvalue weighted by Gasteiger charge is 2.23. The molecular formula is C46H28S. The van der Waals surface area contributed by atoms with Gasteiger partial charge in [0, 0.05) is 15.2 Å². The minimum atomic E-state index is 1.23. The Kier molecular flexibility index (Phi) is 5.91. The lowest BCUT2D eigenvalue weighted by Crippen LogP contribution is -1.95. The molecule has 0 radical (unpaired) electrons. The molecule has 0 saturated carbocycles. The van der Waals surface area contributed by atoms with E-state index in [1.807, 2.05) is 11.8 Å². The van der Waals surface area contributed by atoms with Crippen LogP contribution in [0.15, 0.2) is 180 Å². The van der Waals surface area contributed by atoms with E-state index >= 15 is 0 Å². The summed E-state index contributed by atoms with van der Waals surface area (Å²) >= 11 is 1.89. The molecule has 0 aliphatic carbocycles. The van der Waals surface area contributed by atoms with Crippen LogP contribution >= 0.6 is 11.8 Å². The van der Waals surface area contributed by atoms with Gasteiger partial charge in [-0.3, -0.25) is 0 Å². The molecular weight excluding hydrogens is 585 g/mol. The summed E-state index contributed by atoms with van der Waals surface area (Å²) in [7, 11) is 0. The second-order valence-corrected chi connectivity index (χ2v) is 13.5. The van der Waals surface area contributed by atoms with E-state index in [4.69, 9.17) is 0 Å². The van der Waals surface area contributed by atoms with Crippen LogP contribution < -0.4 is 0 Å². The first-order valence-corrected chi connectivity index (χ1v) is 17.0. The topological polar surface area (TPSA) is 0 Å². The minimum absolute atomic E-state index is 1.23. The zero-order valence-corrected chi connectivity index (χ0v) is 26.4. The average Bonchev–Trinajstić information content (AvgIpc) is 3.14. The molecule has 47 heavy (non-hydrogen) atoms. The number of benzene rings is 9. The van der Waals surface area contributed by atoms with Crippen molar-refractivity contribution in [3.63, 3.8) is 0 Å². The molecule has 0 spiro atoms. The molecule has 0 amide bonds. The Bertz CT molecular complexity index is 2640. The Hall–Kier alpha value is -5.63. The van der Waals surface area contributed by atoms with Crippen molar-refractivity contribution in [2.24, 2.45) is 0 Å². The van der Waals surface area contributed by atoms with Crippen LogP contribution in [0, 0.1) is 0 Å². The molecule has 9 aromatic carbocycles. The van der Waals surface area contributed by atoms with Gasteiger partial charge in [-0.05, 0) is 94.3 Å². The first-order valence-electron chi connectivity index (χ1n) is 16.2. The van der Waals surface area contributed by atoms with Crippen LogP contribution in [0.25, 0.3) is 87.6 Å². The highest BCUT2D eigenvalue weighted by Crippen LogP contribution is 2.52. The largest absolute Gasteiger partial charge is 0.0888 e. The Morgan fingerprint density at radius 2 is 0.787 bits per heavy atom. The maximum Gasteiger partial charge on any atom is 0.0207 e. The van der Waals surface area contributed by atoms with Crippen molar-refractivity contribution >= 4 is 54.9 Å². The fourth-order valence-electron chi connectivity index (χ4n) is 7.82. The van der Waals surface area contributed by atoms with Gasteiger partial charge in [-0.1, -0.05) is 169 Å². The third kappa shape index (κ3) is 4.03. The molecule has 9 aromatic rings. The molecule has 1 heteroatoms. The van der Waals surface area contributed by atoms with E-state index in [0.29, 0.717) is 0 Å². The third-order valence-corrected chi connectivity index (χ3v) is 11.0. The molecule has 218 valence electrons. The summed E-state index contributed by atoms with van der Waals surface area (Å²) < 4.78 is 0. The normalized spacial score (nSPS) is 12.2. The summed E-state index contributed by atoms with van der Waals surface area (Å²) in [6, 6.07) is 62.7. The van der Waals surface area contributed by atoms with Gasteiger partial charge in [0.1, 0.15) is 0 Å². The standard InChI is InChI=1S/C46H28S/c1-2-13-32-29(11-1)12-9-19-33(32)30-23-25-31(26-24-30)44-35-15-3-5-17-37(35)45(38-18-6-4-16-36(38)44)41-28-27-40-34-14-7-8-21-42(34)47-43-22-10-20-39(41)46(40)43/h1-28H. The van der Waals surface area contributed by atoms with Gasteiger partial charge >= 0.3 is 0 Å². The van der Waals surface area contributed by atoms with E-state index in [1.54, 1.807) is 0 Å². The number of hydrogen-bond acceptors (Lipinski definition) is 1. The summed E-state index contributed by atoms with van der Waals surface area (Å²) in [5.74, 6) is 0. The van der Waals surface area contributed by atoms with Gasteiger partial charge in [-0.25, -0.2) is 0 Å². The lowest BCUT2D eigenvalue weighted by molar-refractivity contribution is 1.40. The van der Waals surface area contributed by atoms with Crippen molar-refractivity contribution in [2.75, 3.05) is 0 Å². The van der Waals surface area contributed by atoms with Crippen LogP contribution in [-0.2, 0) is 0 Å². The first-order chi connectivity index (χ1) is 23.3. The fraction of sp³-hybridized carbons (Fsp3) is 0. The summed E-state index contributed by atoms with van der Waals surface area (Å²) in [5, 5.41) is 10.3. The Morgan fingerprint density at radius 3 is 1.55 bits per heavy atom. The fourth-order valence-corrected chi connectivity index (χ4v) is 8.96. The van der Waals surface area contributed by atoms with Crippen LogP contribution in [0.5, 0.6) is 0 Å². The van der Waals surface area contributed by atoms with Crippen LogP contribution in [0.3, 0.4) is 0 Å². The molecule has 1 aliphatic rings. The number of hydrogen-bond donors (Lipinski definition) is 0.